The molecule has 0 saturated heterocycles. The molecule has 0 fully saturated rings. The van der Waals surface area contributed by atoms with E-state index in [-0.39, 0.29) is 55.9 Å². The summed E-state index contributed by atoms with van der Waals surface area (Å²) in [6, 6.07) is -5.65. The Labute approximate surface area is 270 Å². The molecule has 264 valence electrons. The third-order valence-electron chi connectivity index (χ3n) is 7.01. The molecule has 0 rings (SSSR count). The Morgan fingerprint density at radius 3 is 1.80 bits per heavy atom. The largest absolute Gasteiger partial charge is 0.480 e. The number of aliphatic carboxylic acids is 1. The highest BCUT2D eigenvalue weighted by Gasteiger charge is 2.32. The Kier molecular flexibility index (Phi) is 19.8. The summed E-state index contributed by atoms with van der Waals surface area (Å²) in [7, 11) is 0. The van der Waals surface area contributed by atoms with E-state index in [4.69, 9.17) is 17.2 Å². The summed E-state index contributed by atoms with van der Waals surface area (Å²) in [5, 5.41) is 31.3. The number of rotatable bonds is 22. The second-order valence-corrected chi connectivity index (χ2v) is 12.2. The number of amides is 5. The lowest BCUT2D eigenvalue weighted by atomic mass is 9.96. The van der Waals surface area contributed by atoms with Gasteiger partial charge in [0.25, 0.3) is 0 Å². The molecule has 0 aromatic heterocycles. The highest BCUT2D eigenvalue weighted by molar-refractivity contribution is 5.95. The quantitative estimate of drug-likeness (QED) is 0.0334. The van der Waals surface area contributed by atoms with E-state index in [2.05, 4.69) is 31.6 Å². The Morgan fingerprint density at radius 2 is 1.30 bits per heavy atom. The lowest BCUT2D eigenvalue weighted by molar-refractivity contribution is -0.142. The van der Waals surface area contributed by atoms with E-state index >= 15 is 0 Å². The second kappa shape index (κ2) is 21.7. The number of hydrogen-bond acceptors (Lipinski definition) is 9. The molecular weight excluding hydrogens is 602 g/mol. The number of hydrogen-bond donors (Lipinski definition) is 10. The van der Waals surface area contributed by atoms with Crippen molar-refractivity contribution in [3.05, 3.63) is 0 Å². The first-order valence-electron chi connectivity index (χ1n) is 15.6. The van der Waals surface area contributed by atoms with Crippen LogP contribution in [0.25, 0.3) is 0 Å². The molecule has 0 aliphatic carbocycles. The number of aliphatic hydroxyl groups excluding tert-OH is 1. The number of carboxylic acids is 1. The predicted octanol–water partition coefficient (Wildman–Crippen LogP) is -2.36. The zero-order valence-corrected chi connectivity index (χ0v) is 27.8. The van der Waals surface area contributed by atoms with Crippen molar-refractivity contribution in [2.45, 2.75) is 104 Å². The maximum absolute atomic E-state index is 13.2. The highest BCUT2D eigenvalue weighted by Crippen LogP contribution is 2.11. The average molecular weight is 658 g/mol. The van der Waals surface area contributed by atoms with Gasteiger partial charge < -0.3 is 54.0 Å². The number of aliphatic hydroxyl groups is 1. The Morgan fingerprint density at radius 1 is 0.761 bits per heavy atom. The van der Waals surface area contributed by atoms with Gasteiger partial charge in [-0.15, -0.1) is 0 Å². The molecule has 17 nitrogen and oxygen atoms in total. The number of nitrogens with one attached hydrogen (secondary N) is 5. The molecular formula is C29H55N9O8. The van der Waals surface area contributed by atoms with Crippen LogP contribution in [0.15, 0.2) is 4.99 Å². The van der Waals surface area contributed by atoms with Gasteiger partial charge in [0.05, 0.1) is 13.2 Å². The first-order valence-corrected chi connectivity index (χ1v) is 15.6. The summed E-state index contributed by atoms with van der Waals surface area (Å²) in [6.07, 6.45) is 1.25. The summed E-state index contributed by atoms with van der Waals surface area (Å²) in [4.78, 5) is 80.1. The van der Waals surface area contributed by atoms with E-state index in [0.29, 0.717) is 6.42 Å². The highest BCUT2D eigenvalue weighted by atomic mass is 16.4. The molecule has 0 saturated carbocycles. The fourth-order valence-electron chi connectivity index (χ4n) is 4.28. The van der Waals surface area contributed by atoms with E-state index < -0.39 is 78.9 Å². The maximum atomic E-state index is 13.2. The fraction of sp³-hybridized carbons (Fsp3) is 0.759. The van der Waals surface area contributed by atoms with Crippen molar-refractivity contribution in [3.63, 3.8) is 0 Å². The molecule has 17 heteroatoms. The molecule has 5 amide bonds. The van der Waals surface area contributed by atoms with Gasteiger partial charge in [0.2, 0.25) is 29.5 Å². The number of carboxylic acid groups (broad SMARTS) is 1. The first kappa shape index (κ1) is 42.0. The fourth-order valence-corrected chi connectivity index (χ4v) is 4.28. The second-order valence-electron chi connectivity index (χ2n) is 12.2. The molecule has 0 unspecified atom stereocenters. The van der Waals surface area contributed by atoms with Crippen LogP contribution >= 0.6 is 0 Å². The van der Waals surface area contributed by atoms with Crippen LogP contribution in [0.5, 0.6) is 0 Å². The van der Waals surface area contributed by atoms with Crippen molar-refractivity contribution in [2.75, 3.05) is 19.7 Å². The van der Waals surface area contributed by atoms with E-state index in [9.17, 15) is 39.0 Å². The van der Waals surface area contributed by atoms with Crippen LogP contribution in [-0.2, 0) is 28.8 Å². The maximum Gasteiger partial charge on any atom is 0.326 e. The number of nitrogens with zero attached hydrogens (tertiary/aromatic N) is 1. The van der Waals surface area contributed by atoms with Gasteiger partial charge in [0.15, 0.2) is 5.96 Å². The monoisotopic (exact) mass is 657 g/mol. The summed E-state index contributed by atoms with van der Waals surface area (Å²) in [6.45, 7) is 9.84. The van der Waals surface area contributed by atoms with Crippen LogP contribution in [0.1, 0.15) is 73.6 Å². The molecule has 13 N–H and O–H groups in total. The van der Waals surface area contributed by atoms with Gasteiger partial charge in [0.1, 0.15) is 30.2 Å². The molecule has 0 aliphatic heterocycles. The Balaban J connectivity index is 5.66. The summed E-state index contributed by atoms with van der Waals surface area (Å²) in [5.41, 5.74) is 16.3. The standard InChI is InChI=1S/C29H55N9O8/c1-7-17(6)23(38-26(43)20(11-15(2)3)36-24(41)18(30)14-39)27(44)34-13-22(40)35-19(9-8-10-33-29(31)32)25(42)37-21(28(45)46)12-16(4)5/h15-21,23,39H,7-14,30H2,1-6H3,(H,34,44)(H,35,40)(H,36,41)(H,37,42)(H,38,43)(H,45,46)(H4,31,32,33)/t17-,18+,19-,20+,21+,23-/m1/s1. The minimum absolute atomic E-state index is 0.0123. The third kappa shape index (κ3) is 16.9. The van der Waals surface area contributed by atoms with Gasteiger partial charge in [0, 0.05) is 6.54 Å². The normalized spacial score (nSPS) is 15.0. The number of carbonyl (C=O) groups excluding carboxylic acids is 5. The average Bonchev–Trinajstić information content (AvgIpc) is 2.97. The molecule has 0 bridgehead atoms. The SMILES string of the molecule is CC[C@@H](C)[C@@H](NC(=O)[C@H](CC(C)C)NC(=O)[C@@H](N)CO)C(=O)NCC(=O)N[C@H](CCCN=C(N)N)C(=O)N[C@@H](CC(C)C)C(=O)O. The van der Waals surface area contributed by atoms with Gasteiger partial charge in [-0.25, -0.2) is 4.79 Å². The molecule has 0 radical (unpaired) electrons. The summed E-state index contributed by atoms with van der Waals surface area (Å²) in [5.74, 6) is -5.26. The topological polar surface area (TPSA) is 293 Å². The summed E-state index contributed by atoms with van der Waals surface area (Å²) < 4.78 is 0. The molecule has 0 aromatic carbocycles. The minimum atomic E-state index is -1.22. The van der Waals surface area contributed by atoms with Crippen LogP contribution in [0.2, 0.25) is 0 Å². The van der Waals surface area contributed by atoms with E-state index in [0.717, 1.165) is 0 Å². The Bertz CT molecular complexity index is 1050. The van der Waals surface area contributed by atoms with E-state index in [1.807, 2.05) is 34.6 Å². The Hall–Kier alpha value is -3.99. The molecule has 0 spiro atoms. The van der Waals surface area contributed by atoms with Gasteiger partial charge in [-0.1, -0.05) is 48.0 Å². The van der Waals surface area contributed by atoms with Crippen LogP contribution in [-0.4, -0.2) is 102 Å². The number of guanidine groups is 1. The van der Waals surface area contributed by atoms with Crippen LogP contribution < -0.4 is 43.8 Å². The molecule has 0 heterocycles. The zero-order chi connectivity index (χ0) is 35.6. The molecule has 46 heavy (non-hydrogen) atoms. The van der Waals surface area contributed by atoms with Crippen LogP contribution in [0, 0.1) is 17.8 Å². The number of carbonyl (C=O) groups is 6. The minimum Gasteiger partial charge on any atom is -0.480 e. The van der Waals surface area contributed by atoms with Gasteiger partial charge in [-0.2, -0.15) is 0 Å². The number of nitrogens with two attached hydrogens (primary N) is 3. The van der Waals surface area contributed by atoms with Crippen molar-refractivity contribution < 1.29 is 39.0 Å². The lowest BCUT2D eigenvalue weighted by Crippen LogP contribution is -2.58. The lowest BCUT2D eigenvalue weighted by Gasteiger charge is -2.27. The van der Waals surface area contributed by atoms with Gasteiger partial charge >= 0.3 is 5.97 Å². The molecule has 0 aliphatic rings. The van der Waals surface area contributed by atoms with Gasteiger partial charge in [-0.05, 0) is 43.4 Å². The third-order valence-corrected chi connectivity index (χ3v) is 7.01. The smallest absolute Gasteiger partial charge is 0.326 e. The summed E-state index contributed by atoms with van der Waals surface area (Å²) >= 11 is 0. The molecule has 6 atom stereocenters. The van der Waals surface area contributed by atoms with Crippen molar-refractivity contribution in [1.82, 2.24) is 26.6 Å². The van der Waals surface area contributed by atoms with Crippen molar-refractivity contribution in [2.24, 2.45) is 39.9 Å². The number of aliphatic imine (C=N–C) groups is 1. The van der Waals surface area contributed by atoms with E-state index in [1.165, 1.54) is 0 Å². The first-order chi connectivity index (χ1) is 21.4. The van der Waals surface area contributed by atoms with Crippen molar-refractivity contribution in [3.8, 4) is 0 Å². The van der Waals surface area contributed by atoms with Crippen molar-refractivity contribution in [1.29, 1.82) is 0 Å². The van der Waals surface area contributed by atoms with Gasteiger partial charge in [-0.3, -0.25) is 29.0 Å². The van der Waals surface area contributed by atoms with Crippen LogP contribution in [0.4, 0.5) is 0 Å². The zero-order valence-electron chi connectivity index (χ0n) is 27.8. The van der Waals surface area contributed by atoms with Crippen molar-refractivity contribution >= 4 is 41.5 Å². The van der Waals surface area contributed by atoms with E-state index in [1.54, 1.807) is 6.92 Å². The van der Waals surface area contributed by atoms with Crippen LogP contribution in [0.3, 0.4) is 0 Å². The molecule has 0 aromatic rings. The predicted molar refractivity (Wildman–Crippen MR) is 172 cm³/mol.